The van der Waals surface area contributed by atoms with Gasteiger partial charge in [-0.1, -0.05) is 0 Å². The minimum absolute atomic E-state index is 0.477. The number of hydrogen-bond acceptors (Lipinski definition) is 3. The van der Waals surface area contributed by atoms with Crippen molar-refractivity contribution in [3.8, 4) is 0 Å². The summed E-state index contributed by atoms with van der Waals surface area (Å²) < 4.78 is 0. The number of carbonyl (C=O) groups excluding carboxylic acids is 1. The third-order valence-electron chi connectivity index (χ3n) is 0.708. The third kappa shape index (κ3) is 1.90. The number of nitrogens with two attached hydrogens (primary N) is 1. The average molecular weight is 118 g/mol. The van der Waals surface area contributed by atoms with E-state index in [2.05, 4.69) is 0 Å². The standard InChI is InChI=1S/C4H10N2O2/c1-3(5)4(7)6(2)8/h3,8H,5H2,1-2H3. The van der Waals surface area contributed by atoms with Crippen LogP contribution < -0.4 is 5.73 Å². The number of likely N-dealkylation sites (N-methyl/N-ethyl adjacent to an activating group) is 1. The van der Waals surface area contributed by atoms with Crippen molar-refractivity contribution in [2.45, 2.75) is 13.0 Å². The van der Waals surface area contributed by atoms with Crippen LogP contribution in [0.1, 0.15) is 6.92 Å². The molecule has 0 aliphatic rings. The zero-order valence-electron chi connectivity index (χ0n) is 4.96. The van der Waals surface area contributed by atoms with Crippen LogP contribution in [0, 0.1) is 0 Å². The van der Waals surface area contributed by atoms with Crippen LogP contribution in [0.2, 0.25) is 0 Å². The summed E-state index contributed by atoms with van der Waals surface area (Å²) in [5.41, 5.74) is 5.09. The van der Waals surface area contributed by atoms with Gasteiger partial charge < -0.3 is 5.73 Å². The van der Waals surface area contributed by atoms with Crippen LogP contribution in [0.4, 0.5) is 0 Å². The molecule has 0 aromatic carbocycles. The molecule has 48 valence electrons. The van der Waals surface area contributed by atoms with Crippen LogP contribution in [0.15, 0.2) is 0 Å². The van der Waals surface area contributed by atoms with Gasteiger partial charge in [0, 0.05) is 7.05 Å². The second-order valence-corrected chi connectivity index (χ2v) is 1.65. The number of rotatable bonds is 1. The summed E-state index contributed by atoms with van der Waals surface area (Å²) >= 11 is 0. The normalized spacial score (nSPS) is 13.0. The lowest BCUT2D eigenvalue weighted by Gasteiger charge is -2.09. The molecule has 0 aliphatic carbocycles. The molecule has 0 aliphatic heterocycles. The van der Waals surface area contributed by atoms with Crippen molar-refractivity contribution in [3.63, 3.8) is 0 Å². The van der Waals surface area contributed by atoms with Gasteiger partial charge in [0.05, 0.1) is 6.04 Å². The molecule has 1 atom stereocenters. The summed E-state index contributed by atoms with van der Waals surface area (Å²) in [6.07, 6.45) is 0. The van der Waals surface area contributed by atoms with Gasteiger partial charge >= 0.3 is 0 Å². The Morgan fingerprint density at radius 2 is 2.25 bits per heavy atom. The highest BCUT2D eigenvalue weighted by Crippen LogP contribution is 1.81. The Kier molecular flexibility index (Phi) is 2.44. The van der Waals surface area contributed by atoms with Gasteiger partial charge in [0.15, 0.2) is 0 Å². The highest BCUT2D eigenvalue weighted by atomic mass is 16.5. The molecule has 0 bridgehead atoms. The summed E-state index contributed by atoms with van der Waals surface area (Å²) in [6, 6.07) is -0.620. The minimum Gasteiger partial charge on any atom is -0.320 e. The maximum atomic E-state index is 10.4. The van der Waals surface area contributed by atoms with Gasteiger partial charge in [0.2, 0.25) is 0 Å². The van der Waals surface area contributed by atoms with Crippen LogP contribution in [0.3, 0.4) is 0 Å². The summed E-state index contributed by atoms with van der Waals surface area (Å²) in [6.45, 7) is 1.51. The SMILES string of the molecule is CC(N)C(=O)N(C)O. The van der Waals surface area contributed by atoms with E-state index in [1.807, 2.05) is 0 Å². The van der Waals surface area contributed by atoms with Crippen molar-refractivity contribution in [2.75, 3.05) is 7.05 Å². The first kappa shape index (κ1) is 7.39. The maximum absolute atomic E-state index is 10.4. The molecule has 1 amide bonds. The van der Waals surface area contributed by atoms with Crippen LogP contribution in [-0.4, -0.2) is 29.3 Å². The number of nitrogens with zero attached hydrogens (tertiary/aromatic N) is 1. The van der Waals surface area contributed by atoms with E-state index >= 15 is 0 Å². The van der Waals surface area contributed by atoms with Crippen molar-refractivity contribution in [2.24, 2.45) is 5.73 Å². The van der Waals surface area contributed by atoms with E-state index in [4.69, 9.17) is 10.9 Å². The number of amides is 1. The van der Waals surface area contributed by atoms with E-state index in [-0.39, 0.29) is 0 Å². The molecule has 0 aromatic heterocycles. The molecule has 0 aromatic rings. The van der Waals surface area contributed by atoms with Gasteiger partial charge in [-0.3, -0.25) is 10.0 Å². The second kappa shape index (κ2) is 2.64. The fourth-order valence-corrected chi connectivity index (χ4v) is 0.295. The Labute approximate surface area is 47.8 Å². The first-order valence-corrected chi connectivity index (χ1v) is 2.27. The highest BCUT2D eigenvalue weighted by Gasteiger charge is 2.09. The molecule has 0 spiro atoms. The van der Waals surface area contributed by atoms with Gasteiger partial charge in [-0.2, -0.15) is 0 Å². The van der Waals surface area contributed by atoms with Crippen LogP contribution in [-0.2, 0) is 4.79 Å². The largest absolute Gasteiger partial charge is 0.320 e. The van der Waals surface area contributed by atoms with Crippen molar-refractivity contribution in [1.29, 1.82) is 0 Å². The monoisotopic (exact) mass is 118 g/mol. The molecule has 0 rings (SSSR count). The molecule has 0 fully saturated rings. The van der Waals surface area contributed by atoms with E-state index < -0.39 is 11.9 Å². The average Bonchev–Trinajstić information content (AvgIpc) is 1.64. The Morgan fingerprint density at radius 1 is 1.88 bits per heavy atom. The number of hydroxylamine groups is 2. The molecule has 0 radical (unpaired) electrons. The van der Waals surface area contributed by atoms with Crippen molar-refractivity contribution < 1.29 is 10.0 Å². The lowest BCUT2D eigenvalue weighted by atomic mass is 10.3. The quantitative estimate of drug-likeness (QED) is 0.349. The van der Waals surface area contributed by atoms with Gasteiger partial charge in [-0.25, -0.2) is 5.06 Å². The number of hydrogen-bond donors (Lipinski definition) is 2. The van der Waals surface area contributed by atoms with E-state index in [0.717, 1.165) is 0 Å². The van der Waals surface area contributed by atoms with Crippen LogP contribution >= 0.6 is 0 Å². The molecule has 1 unspecified atom stereocenters. The molecule has 0 saturated carbocycles. The lowest BCUT2D eigenvalue weighted by Crippen LogP contribution is -2.37. The van der Waals surface area contributed by atoms with Crippen LogP contribution in [0.5, 0.6) is 0 Å². The zero-order valence-corrected chi connectivity index (χ0v) is 4.96. The molecule has 3 N–H and O–H groups in total. The summed E-state index contributed by atoms with van der Waals surface area (Å²) in [4.78, 5) is 10.4. The minimum atomic E-state index is -0.620. The van der Waals surface area contributed by atoms with E-state index in [1.54, 1.807) is 0 Å². The Balaban J connectivity index is 3.65. The van der Waals surface area contributed by atoms with E-state index in [1.165, 1.54) is 14.0 Å². The van der Waals surface area contributed by atoms with Crippen molar-refractivity contribution >= 4 is 5.91 Å². The van der Waals surface area contributed by atoms with Crippen molar-refractivity contribution in [1.82, 2.24) is 5.06 Å². The topological polar surface area (TPSA) is 66.6 Å². The van der Waals surface area contributed by atoms with Crippen molar-refractivity contribution in [3.05, 3.63) is 0 Å². The van der Waals surface area contributed by atoms with Gasteiger partial charge in [-0.15, -0.1) is 0 Å². The number of carbonyl (C=O) groups is 1. The highest BCUT2D eigenvalue weighted by molar-refractivity contribution is 5.79. The molecule has 4 heteroatoms. The summed E-state index contributed by atoms with van der Waals surface area (Å²) in [5.74, 6) is -0.481. The molecule has 4 nitrogen and oxygen atoms in total. The molecular weight excluding hydrogens is 108 g/mol. The third-order valence-corrected chi connectivity index (χ3v) is 0.708. The summed E-state index contributed by atoms with van der Waals surface area (Å²) in [5, 5.41) is 8.87. The first-order chi connectivity index (χ1) is 3.55. The van der Waals surface area contributed by atoms with E-state index in [9.17, 15) is 4.79 Å². The molecular formula is C4H10N2O2. The Hall–Kier alpha value is -0.610. The zero-order chi connectivity index (χ0) is 6.73. The summed E-state index contributed by atoms with van der Waals surface area (Å²) in [7, 11) is 1.24. The molecule has 8 heavy (non-hydrogen) atoms. The predicted octanol–water partition coefficient (Wildman–Crippen LogP) is -0.819. The van der Waals surface area contributed by atoms with Crippen LogP contribution in [0.25, 0.3) is 0 Å². The fourth-order valence-electron chi connectivity index (χ4n) is 0.295. The van der Waals surface area contributed by atoms with Gasteiger partial charge in [0.1, 0.15) is 0 Å². The molecule has 0 saturated heterocycles. The van der Waals surface area contributed by atoms with E-state index in [0.29, 0.717) is 5.06 Å². The smallest absolute Gasteiger partial charge is 0.262 e. The fraction of sp³-hybridized carbons (Fsp3) is 0.750. The molecule has 0 heterocycles. The van der Waals surface area contributed by atoms with Gasteiger partial charge in [0.25, 0.3) is 5.91 Å². The first-order valence-electron chi connectivity index (χ1n) is 2.27. The van der Waals surface area contributed by atoms with Gasteiger partial charge in [-0.05, 0) is 6.92 Å². The second-order valence-electron chi connectivity index (χ2n) is 1.65. The Bertz CT molecular complexity index is 80.0. The maximum Gasteiger partial charge on any atom is 0.262 e. The predicted molar refractivity (Wildman–Crippen MR) is 28.2 cm³/mol. The lowest BCUT2D eigenvalue weighted by molar-refractivity contribution is -0.160. The Morgan fingerprint density at radius 3 is 2.25 bits per heavy atom.